The third-order valence-electron chi connectivity index (χ3n) is 4.66. The van der Waals surface area contributed by atoms with Gasteiger partial charge in [0.25, 0.3) is 0 Å². The van der Waals surface area contributed by atoms with Crippen molar-refractivity contribution < 1.29 is 37.7 Å². The first kappa shape index (κ1) is 19.8. The van der Waals surface area contributed by atoms with Gasteiger partial charge in [-0.05, 0) is 27.7 Å². The highest BCUT2D eigenvalue weighted by Crippen LogP contribution is 2.43. The average molecular weight is 368 g/mol. The summed E-state index contributed by atoms with van der Waals surface area (Å²) in [7, 11) is 0. The molecule has 2 saturated heterocycles. The van der Waals surface area contributed by atoms with Gasteiger partial charge in [-0.25, -0.2) is 9.59 Å². The Kier molecular flexibility index (Phi) is 4.53. The van der Waals surface area contributed by atoms with Crippen LogP contribution in [0.15, 0.2) is 0 Å². The van der Waals surface area contributed by atoms with E-state index in [1.54, 1.807) is 20.8 Å². The number of rotatable bonds is 1. The van der Waals surface area contributed by atoms with Crippen LogP contribution in [0.25, 0.3) is 0 Å². The molecule has 25 heavy (non-hydrogen) atoms. The number of piperazine rings is 1. The van der Waals surface area contributed by atoms with Crippen LogP contribution in [-0.4, -0.2) is 80.7 Å². The van der Waals surface area contributed by atoms with Gasteiger partial charge in [0.15, 0.2) is 11.1 Å². The lowest BCUT2D eigenvalue weighted by atomic mass is 9.93. The molecule has 0 aromatic heterocycles. The fraction of sp³-hybridized carbons (Fsp3) is 0.867. The van der Waals surface area contributed by atoms with Gasteiger partial charge in [-0.2, -0.15) is 13.2 Å². The van der Waals surface area contributed by atoms with Crippen molar-refractivity contribution in [1.29, 1.82) is 0 Å². The highest BCUT2D eigenvalue weighted by Gasteiger charge is 2.63. The standard InChI is InChI=1S/C15H23F3N2O5/c1-12(2,3)25-11(23)20-6-9-5-14(24,15(16,17)18)8-19(9)7-13(20,4)10(21)22/h9,24H,5-8H2,1-4H3,(H,21,22)/t9-,13+,14-/m1/s1. The van der Waals surface area contributed by atoms with Gasteiger partial charge in [0.1, 0.15) is 5.60 Å². The molecule has 0 aliphatic carbocycles. The second-order valence-corrected chi connectivity index (χ2v) is 7.96. The minimum Gasteiger partial charge on any atom is -0.479 e. The Morgan fingerprint density at radius 1 is 1.20 bits per heavy atom. The summed E-state index contributed by atoms with van der Waals surface area (Å²) in [5.74, 6) is -1.35. The lowest BCUT2D eigenvalue weighted by molar-refractivity contribution is -0.254. The lowest BCUT2D eigenvalue weighted by Gasteiger charge is -2.47. The van der Waals surface area contributed by atoms with E-state index >= 15 is 0 Å². The second-order valence-electron chi connectivity index (χ2n) is 7.96. The molecule has 0 radical (unpaired) electrons. The van der Waals surface area contributed by atoms with Gasteiger partial charge in [0.2, 0.25) is 0 Å². The number of nitrogens with zero attached hydrogens (tertiary/aromatic N) is 2. The predicted octanol–water partition coefficient (Wildman–Crippen LogP) is 1.45. The second kappa shape index (κ2) is 5.73. The number of carboxylic acids is 1. The van der Waals surface area contributed by atoms with Crippen LogP contribution < -0.4 is 0 Å². The Morgan fingerprint density at radius 3 is 2.20 bits per heavy atom. The third kappa shape index (κ3) is 3.55. The number of aliphatic hydroxyl groups is 1. The number of alkyl halides is 3. The van der Waals surface area contributed by atoms with Crippen molar-refractivity contribution in [1.82, 2.24) is 9.80 Å². The summed E-state index contributed by atoms with van der Waals surface area (Å²) >= 11 is 0. The summed E-state index contributed by atoms with van der Waals surface area (Å²) in [5.41, 5.74) is -5.55. The summed E-state index contributed by atoms with van der Waals surface area (Å²) in [6, 6.07) is -0.799. The molecule has 0 spiro atoms. The Balaban J connectivity index is 2.30. The smallest absolute Gasteiger partial charge is 0.418 e. The number of carbonyl (C=O) groups is 2. The Morgan fingerprint density at radius 2 is 1.76 bits per heavy atom. The molecule has 2 fully saturated rings. The predicted molar refractivity (Wildman–Crippen MR) is 80.0 cm³/mol. The zero-order valence-electron chi connectivity index (χ0n) is 14.6. The van der Waals surface area contributed by atoms with Crippen molar-refractivity contribution in [2.75, 3.05) is 19.6 Å². The number of hydrogen-bond donors (Lipinski definition) is 2. The SMILES string of the molecule is CC(C)(C)OC(=O)N1C[C@H]2C[C@](O)(C(F)(F)F)CN2C[C@@]1(C)C(=O)O. The van der Waals surface area contributed by atoms with E-state index in [0.717, 1.165) is 4.90 Å². The minimum absolute atomic E-state index is 0.268. The average Bonchev–Trinajstić information content (AvgIpc) is 2.71. The number of halogens is 3. The Bertz CT molecular complexity index is 576. The van der Waals surface area contributed by atoms with Gasteiger partial charge < -0.3 is 14.9 Å². The maximum atomic E-state index is 13.1. The summed E-state index contributed by atoms with van der Waals surface area (Å²) in [6.07, 6.45) is -6.36. The number of hydrogen-bond acceptors (Lipinski definition) is 5. The molecule has 2 rings (SSSR count). The summed E-state index contributed by atoms with van der Waals surface area (Å²) in [4.78, 5) is 26.4. The summed E-state index contributed by atoms with van der Waals surface area (Å²) in [6.45, 7) is 4.78. The maximum absolute atomic E-state index is 13.1. The molecule has 7 nitrogen and oxygen atoms in total. The molecule has 3 atom stereocenters. The Labute approximate surface area is 143 Å². The number of carbonyl (C=O) groups excluding carboxylic acids is 1. The van der Waals surface area contributed by atoms with Crippen LogP contribution in [0, 0.1) is 0 Å². The largest absolute Gasteiger partial charge is 0.479 e. The summed E-state index contributed by atoms with van der Waals surface area (Å²) in [5, 5.41) is 19.5. The number of amides is 1. The number of ether oxygens (including phenoxy) is 1. The van der Waals surface area contributed by atoms with E-state index in [1.807, 2.05) is 0 Å². The first-order valence-corrected chi connectivity index (χ1v) is 7.86. The van der Waals surface area contributed by atoms with Crippen molar-refractivity contribution >= 4 is 12.1 Å². The molecule has 144 valence electrons. The molecule has 0 bridgehead atoms. The Hall–Kier alpha value is -1.55. The molecule has 0 aromatic carbocycles. The van der Waals surface area contributed by atoms with Gasteiger partial charge in [-0.3, -0.25) is 9.80 Å². The summed E-state index contributed by atoms with van der Waals surface area (Å²) < 4.78 is 44.6. The molecule has 10 heteroatoms. The van der Waals surface area contributed by atoms with Gasteiger partial charge in [-0.15, -0.1) is 0 Å². The molecular formula is C15H23F3N2O5. The van der Waals surface area contributed by atoms with Crippen LogP contribution in [0.4, 0.5) is 18.0 Å². The monoisotopic (exact) mass is 368 g/mol. The molecule has 1 amide bonds. The zero-order chi connectivity index (χ0) is 19.4. The number of carboxylic acid groups (broad SMARTS) is 1. The first-order chi connectivity index (χ1) is 11.1. The molecule has 2 aliphatic rings. The van der Waals surface area contributed by atoms with E-state index < -0.39 is 54.0 Å². The van der Waals surface area contributed by atoms with Crippen LogP contribution in [0.2, 0.25) is 0 Å². The molecule has 2 N–H and O–H groups in total. The van der Waals surface area contributed by atoms with E-state index in [9.17, 15) is 33.0 Å². The van der Waals surface area contributed by atoms with Crippen LogP contribution in [0.3, 0.4) is 0 Å². The highest BCUT2D eigenvalue weighted by atomic mass is 19.4. The van der Waals surface area contributed by atoms with Crippen molar-refractivity contribution in [3.63, 3.8) is 0 Å². The number of aliphatic carboxylic acids is 1. The highest BCUT2D eigenvalue weighted by molar-refractivity contribution is 5.84. The van der Waals surface area contributed by atoms with Gasteiger partial charge in [0.05, 0.1) is 0 Å². The normalized spacial score (nSPS) is 33.9. The molecule has 0 saturated carbocycles. The van der Waals surface area contributed by atoms with Crippen LogP contribution >= 0.6 is 0 Å². The molecule has 2 aliphatic heterocycles. The van der Waals surface area contributed by atoms with Gasteiger partial charge in [-0.1, -0.05) is 0 Å². The van der Waals surface area contributed by atoms with E-state index in [2.05, 4.69) is 0 Å². The molecule has 0 aromatic rings. The topological polar surface area (TPSA) is 90.3 Å². The van der Waals surface area contributed by atoms with Crippen molar-refractivity contribution in [2.24, 2.45) is 0 Å². The van der Waals surface area contributed by atoms with Crippen molar-refractivity contribution in [3.05, 3.63) is 0 Å². The van der Waals surface area contributed by atoms with E-state index in [-0.39, 0.29) is 13.1 Å². The molecular weight excluding hydrogens is 345 g/mol. The maximum Gasteiger partial charge on any atom is 0.418 e. The van der Waals surface area contributed by atoms with E-state index in [1.165, 1.54) is 11.8 Å². The van der Waals surface area contributed by atoms with Crippen LogP contribution in [0.5, 0.6) is 0 Å². The molecule has 2 heterocycles. The van der Waals surface area contributed by atoms with Crippen LogP contribution in [0.1, 0.15) is 34.1 Å². The number of fused-ring (bicyclic) bond motifs is 1. The third-order valence-corrected chi connectivity index (χ3v) is 4.66. The van der Waals surface area contributed by atoms with E-state index in [0.29, 0.717) is 0 Å². The molecule has 0 unspecified atom stereocenters. The van der Waals surface area contributed by atoms with Crippen LogP contribution in [-0.2, 0) is 9.53 Å². The first-order valence-electron chi connectivity index (χ1n) is 7.86. The van der Waals surface area contributed by atoms with Gasteiger partial charge in [0, 0.05) is 32.1 Å². The van der Waals surface area contributed by atoms with Crippen molar-refractivity contribution in [2.45, 2.75) is 63.1 Å². The minimum atomic E-state index is -4.83. The fourth-order valence-corrected chi connectivity index (χ4v) is 3.29. The lowest BCUT2D eigenvalue weighted by Crippen LogP contribution is -2.68. The quantitative estimate of drug-likeness (QED) is 0.728. The van der Waals surface area contributed by atoms with Gasteiger partial charge >= 0.3 is 18.2 Å². The van der Waals surface area contributed by atoms with Crippen molar-refractivity contribution in [3.8, 4) is 0 Å². The zero-order valence-corrected chi connectivity index (χ0v) is 14.6. The van der Waals surface area contributed by atoms with E-state index in [4.69, 9.17) is 4.74 Å². The fourth-order valence-electron chi connectivity index (χ4n) is 3.29.